The van der Waals surface area contributed by atoms with Crippen molar-refractivity contribution in [3.63, 3.8) is 0 Å². The van der Waals surface area contributed by atoms with Gasteiger partial charge in [0, 0.05) is 19.2 Å². The van der Waals surface area contributed by atoms with E-state index in [4.69, 9.17) is 5.11 Å². The Morgan fingerprint density at radius 1 is 1.23 bits per heavy atom. The Kier molecular flexibility index (Phi) is 5.06. The van der Waals surface area contributed by atoms with E-state index in [-0.39, 0.29) is 0 Å². The van der Waals surface area contributed by atoms with Crippen molar-refractivity contribution in [2.24, 2.45) is 5.41 Å². The second-order valence-electron chi connectivity index (χ2n) is 5.63. The molecule has 12 heteroatoms. The Morgan fingerprint density at radius 2 is 1.88 bits per heavy atom. The van der Waals surface area contributed by atoms with Crippen LogP contribution in [0.25, 0.3) is 0 Å². The molecule has 1 N–H and O–H groups in total. The summed E-state index contributed by atoms with van der Waals surface area (Å²) in [4.78, 5) is 27.6. The highest BCUT2D eigenvalue weighted by Crippen LogP contribution is 2.45. The standard InChI is InChI=1S/C14H12F6N2O4/c15-13(16,17)7-26-9-3-1-2-8(21-9)10(23)22-5-4-12(6-22,11(24)25)14(18,19)20/h1-3H,4-7H2,(H,24,25). The maximum atomic E-state index is 13.1. The molecular weight excluding hydrogens is 374 g/mol. The Morgan fingerprint density at radius 3 is 2.38 bits per heavy atom. The predicted octanol–water partition coefficient (Wildman–Crippen LogP) is 2.50. The van der Waals surface area contributed by atoms with Crippen LogP contribution in [-0.2, 0) is 4.79 Å². The van der Waals surface area contributed by atoms with Gasteiger partial charge in [-0.2, -0.15) is 26.3 Å². The van der Waals surface area contributed by atoms with Crippen LogP contribution < -0.4 is 4.74 Å². The van der Waals surface area contributed by atoms with Gasteiger partial charge in [-0.15, -0.1) is 0 Å². The summed E-state index contributed by atoms with van der Waals surface area (Å²) in [6.07, 6.45) is -10.5. The van der Waals surface area contributed by atoms with Crippen LogP contribution >= 0.6 is 0 Å². The number of pyridine rings is 1. The van der Waals surface area contributed by atoms with Crippen molar-refractivity contribution in [1.82, 2.24) is 9.88 Å². The van der Waals surface area contributed by atoms with Crippen LogP contribution in [0.5, 0.6) is 5.88 Å². The minimum absolute atomic E-state index is 0.451. The van der Waals surface area contributed by atoms with Gasteiger partial charge in [0.25, 0.3) is 5.91 Å². The number of aromatic nitrogens is 1. The first-order chi connectivity index (χ1) is 11.9. The number of carbonyl (C=O) groups excluding carboxylic acids is 1. The minimum Gasteiger partial charge on any atom is -0.481 e. The normalized spacial score (nSPS) is 20.9. The number of nitrogens with zero attached hydrogens (tertiary/aromatic N) is 2. The van der Waals surface area contributed by atoms with Crippen molar-refractivity contribution in [1.29, 1.82) is 0 Å². The van der Waals surface area contributed by atoms with Gasteiger partial charge in [-0.1, -0.05) is 6.07 Å². The molecule has 1 aromatic rings. The number of halogens is 6. The van der Waals surface area contributed by atoms with E-state index in [9.17, 15) is 35.9 Å². The third-order valence-corrected chi connectivity index (χ3v) is 3.83. The van der Waals surface area contributed by atoms with Crippen LogP contribution in [0.2, 0.25) is 0 Å². The molecule has 1 fully saturated rings. The summed E-state index contributed by atoms with van der Waals surface area (Å²) >= 11 is 0. The number of ether oxygens (including phenoxy) is 1. The van der Waals surface area contributed by atoms with Crippen molar-refractivity contribution in [2.45, 2.75) is 18.8 Å². The number of aliphatic carboxylic acids is 1. The second-order valence-corrected chi connectivity index (χ2v) is 5.63. The number of carbonyl (C=O) groups is 2. The van der Waals surface area contributed by atoms with Gasteiger partial charge in [-0.05, 0) is 12.5 Å². The van der Waals surface area contributed by atoms with Crippen molar-refractivity contribution in [3.8, 4) is 5.88 Å². The van der Waals surface area contributed by atoms with Gasteiger partial charge in [0.2, 0.25) is 5.88 Å². The lowest BCUT2D eigenvalue weighted by molar-refractivity contribution is -0.227. The van der Waals surface area contributed by atoms with Crippen molar-refractivity contribution in [2.75, 3.05) is 19.7 Å². The Labute approximate surface area is 142 Å². The molecule has 0 bridgehead atoms. The lowest BCUT2D eigenvalue weighted by atomic mass is 9.86. The highest BCUT2D eigenvalue weighted by atomic mass is 19.4. The number of hydrogen-bond acceptors (Lipinski definition) is 4. The van der Waals surface area contributed by atoms with E-state index in [0.717, 1.165) is 18.2 Å². The average molecular weight is 386 g/mol. The van der Waals surface area contributed by atoms with Gasteiger partial charge in [0.05, 0.1) is 0 Å². The Bertz CT molecular complexity index is 705. The maximum Gasteiger partial charge on any atom is 0.422 e. The number of carboxylic acids is 1. The molecule has 1 aromatic heterocycles. The zero-order chi connectivity index (χ0) is 19.8. The first-order valence-electron chi connectivity index (χ1n) is 7.12. The van der Waals surface area contributed by atoms with Gasteiger partial charge in [-0.3, -0.25) is 9.59 Å². The summed E-state index contributed by atoms with van der Waals surface area (Å²) in [6.45, 7) is -3.25. The molecule has 1 saturated heterocycles. The molecule has 6 nitrogen and oxygen atoms in total. The highest BCUT2D eigenvalue weighted by Gasteiger charge is 2.64. The van der Waals surface area contributed by atoms with Crippen LogP contribution in [-0.4, -0.2) is 58.9 Å². The molecule has 1 atom stereocenters. The fraction of sp³-hybridized carbons (Fsp3) is 0.500. The van der Waals surface area contributed by atoms with E-state index in [1.807, 2.05) is 0 Å². The average Bonchev–Trinajstić information content (AvgIpc) is 2.98. The Balaban J connectivity index is 2.16. The highest BCUT2D eigenvalue weighted by molar-refractivity contribution is 5.93. The first kappa shape index (κ1) is 19.8. The third kappa shape index (κ3) is 3.99. The van der Waals surface area contributed by atoms with Gasteiger partial charge in [-0.25, -0.2) is 4.98 Å². The van der Waals surface area contributed by atoms with Crippen molar-refractivity contribution in [3.05, 3.63) is 23.9 Å². The molecular formula is C14H12F6N2O4. The summed E-state index contributed by atoms with van der Waals surface area (Å²) in [5.41, 5.74) is -3.54. The van der Waals surface area contributed by atoms with E-state index in [2.05, 4.69) is 9.72 Å². The lowest BCUT2D eigenvalue weighted by Crippen LogP contribution is -2.47. The molecule has 0 aliphatic carbocycles. The fourth-order valence-electron chi connectivity index (χ4n) is 2.44. The van der Waals surface area contributed by atoms with Gasteiger partial charge < -0.3 is 14.7 Å². The van der Waals surface area contributed by atoms with Gasteiger partial charge >= 0.3 is 18.3 Å². The fourth-order valence-corrected chi connectivity index (χ4v) is 2.44. The predicted molar refractivity (Wildman–Crippen MR) is 72.4 cm³/mol. The monoisotopic (exact) mass is 386 g/mol. The van der Waals surface area contributed by atoms with Crippen molar-refractivity contribution >= 4 is 11.9 Å². The quantitative estimate of drug-likeness (QED) is 0.805. The molecule has 2 rings (SSSR count). The van der Waals surface area contributed by atoms with Gasteiger partial charge in [0.15, 0.2) is 12.0 Å². The van der Waals surface area contributed by atoms with Crippen molar-refractivity contribution < 1.29 is 45.8 Å². The summed E-state index contributed by atoms with van der Waals surface area (Å²) in [7, 11) is 0. The van der Waals surface area contributed by atoms with E-state index in [1.54, 1.807) is 0 Å². The first-order valence-corrected chi connectivity index (χ1v) is 7.12. The lowest BCUT2D eigenvalue weighted by Gasteiger charge is -2.27. The van der Waals surface area contributed by atoms with E-state index in [1.165, 1.54) is 0 Å². The number of carboxylic acid groups (broad SMARTS) is 1. The van der Waals surface area contributed by atoms with E-state index in [0.29, 0.717) is 4.90 Å². The number of rotatable bonds is 4. The zero-order valence-electron chi connectivity index (χ0n) is 12.9. The van der Waals surface area contributed by atoms with Crippen LogP contribution in [0.3, 0.4) is 0 Å². The molecule has 0 aromatic carbocycles. The number of likely N-dealkylation sites (tertiary alicyclic amines) is 1. The molecule has 0 spiro atoms. The number of hydrogen-bond donors (Lipinski definition) is 1. The molecule has 26 heavy (non-hydrogen) atoms. The number of alkyl halides is 6. The largest absolute Gasteiger partial charge is 0.481 e. The van der Waals surface area contributed by atoms with E-state index < -0.39 is 67.3 Å². The summed E-state index contributed by atoms with van der Waals surface area (Å²) in [5.74, 6) is -3.67. The smallest absolute Gasteiger partial charge is 0.422 e. The SMILES string of the molecule is O=C(c1cccc(OCC(F)(F)F)n1)N1CCC(C(=O)O)(C(F)(F)F)C1. The number of amides is 1. The molecule has 1 unspecified atom stereocenters. The summed E-state index contributed by atoms with van der Waals surface area (Å²) in [6, 6.07) is 3.27. The molecule has 1 aliphatic heterocycles. The molecule has 0 radical (unpaired) electrons. The van der Waals surface area contributed by atoms with Crippen LogP contribution in [0, 0.1) is 5.41 Å². The molecule has 0 saturated carbocycles. The van der Waals surface area contributed by atoms with Crippen LogP contribution in [0.4, 0.5) is 26.3 Å². The molecule has 144 valence electrons. The maximum absolute atomic E-state index is 13.1. The van der Waals surface area contributed by atoms with E-state index >= 15 is 0 Å². The third-order valence-electron chi connectivity index (χ3n) is 3.83. The molecule has 1 amide bonds. The summed E-state index contributed by atoms with van der Waals surface area (Å²) in [5, 5.41) is 8.96. The van der Waals surface area contributed by atoms with Crippen LogP contribution in [0.1, 0.15) is 16.9 Å². The molecule has 2 heterocycles. The van der Waals surface area contributed by atoms with Gasteiger partial charge in [0.1, 0.15) is 5.69 Å². The van der Waals surface area contributed by atoms with Crippen LogP contribution in [0.15, 0.2) is 18.2 Å². The minimum atomic E-state index is -5.07. The topological polar surface area (TPSA) is 79.7 Å². The second kappa shape index (κ2) is 6.65. The Hall–Kier alpha value is -2.53. The molecule has 1 aliphatic rings. The zero-order valence-corrected chi connectivity index (χ0v) is 12.9. The summed E-state index contributed by atoms with van der Waals surface area (Å²) < 4.78 is 80.1.